The molecular formula is C21H33N3O4. The molecule has 0 aromatic carbocycles. The van der Waals surface area contributed by atoms with E-state index in [0.717, 1.165) is 51.4 Å². The highest BCUT2D eigenvalue weighted by Crippen LogP contribution is 2.37. The Morgan fingerprint density at radius 3 is 2.36 bits per heavy atom. The zero-order chi connectivity index (χ0) is 20.3. The first-order valence-electron chi connectivity index (χ1n) is 10.7. The van der Waals surface area contributed by atoms with Crippen LogP contribution in [0.25, 0.3) is 0 Å². The van der Waals surface area contributed by atoms with Crippen molar-refractivity contribution in [3.05, 3.63) is 6.20 Å². The third-order valence-corrected chi connectivity index (χ3v) is 6.17. The molecule has 0 aliphatic heterocycles. The van der Waals surface area contributed by atoms with Crippen LogP contribution in [0.5, 0.6) is 5.75 Å². The fraction of sp³-hybridized carbons (Fsp3) is 0.762. The van der Waals surface area contributed by atoms with Crippen molar-refractivity contribution in [1.29, 1.82) is 0 Å². The molecule has 0 spiro atoms. The summed E-state index contributed by atoms with van der Waals surface area (Å²) in [5.41, 5.74) is 0. The zero-order valence-electron chi connectivity index (χ0n) is 17.3. The van der Waals surface area contributed by atoms with Gasteiger partial charge in [0.2, 0.25) is 11.7 Å². The highest BCUT2D eigenvalue weighted by atomic mass is 16.7. The highest BCUT2D eigenvalue weighted by Gasteiger charge is 2.34. The van der Waals surface area contributed by atoms with E-state index in [1.807, 2.05) is 18.5 Å². The van der Waals surface area contributed by atoms with Crippen molar-refractivity contribution >= 4 is 17.9 Å². The maximum Gasteiger partial charge on any atom is 0.511 e. The van der Waals surface area contributed by atoms with Gasteiger partial charge in [-0.3, -0.25) is 14.4 Å². The van der Waals surface area contributed by atoms with Gasteiger partial charge in [0.1, 0.15) is 0 Å². The van der Waals surface area contributed by atoms with E-state index < -0.39 is 6.16 Å². The van der Waals surface area contributed by atoms with Crippen molar-refractivity contribution in [3.63, 3.8) is 0 Å². The summed E-state index contributed by atoms with van der Waals surface area (Å²) in [4.78, 5) is 26.2. The maximum atomic E-state index is 13.3. The van der Waals surface area contributed by atoms with Gasteiger partial charge in [-0.1, -0.05) is 26.2 Å². The molecule has 2 aliphatic carbocycles. The van der Waals surface area contributed by atoms with E-state index in [4.69, 9.17) is 4.74 Å². The first kappa shape index (κ1) is 20.7. The lowest BCUT2D eigenvalue weighted by Crippen LogP contribution is -2.42. The molecule has 1 N–H and O–H groups in total. The minimum Gasteiger partial charge on any atom is -0.449 e. The summed E-state index contributed by atoms with van der Waals surface area (Å²) >= 11 is 0. The number of ether oxygens (including phenoxy) is 1. The van der Waals surface area contributed by atoms with Crippen LogP contribution < -0.4 is 9.64 Å². The molecule has 0 bridgehead atoms. The van der Waals surface area contributed by atoms with E-state index >= 15 is 0 Å². The minimum atomic E-state index is -1.38. The average Bonchev–Trinajstić information content (AvgIpc) is 3.05. The number of hydrogen-bond acceptors (Lipinski definition) is 4. The van der Waals surface area contributed by atoms with Gasteiger partial charge in [0.25, 0.3) is 0 Å². The van der Waals surface area contributed by atoms with Crippen LogP contribution in [-0.2, 0) is 4.79 Å². The van der Waals surface area contributed by atoms with Crippen LogP contribution in [0.2, 0.25) is 0 Å². The molecule has 7 heteroatoms. The number of carboxylic acid groups (broad SMARTS) is 1. The van der Waals surface area contributed by atoms with E-state index in [0.29, 0.717) is 11.7 Å². The van der Waals surface area contributed by atoms with Crippen molar-refractivity contribution in [2.45, 2.75) is 90.6 Å². The zero-order valence-corrected chi connectivity index (χ0v) is 17.3. The Morgan fingerprint density at radius 2 is 1.79 bits per heavy atom. The number of carbonyl (C=O) groups excluding carboxylic acids is 1. The Bertz CT molecular complexity index is 686. The number of carbonyl (C=O) groups is 2. The summed E-state index contributed by atoms with van der Waals surface area (Å²) in [6.45, 7) is 6.10. The molecule has 1 amide bonds. The normalized spacial score (nSPS) is 23.6. The topological polar surface area (TPSA) is 84.7 Å². The third-order valence-electron chi connectivity index (χ3n) is 6.17. The second-order valence-corrected chi connectivity index (χ2v) is 8.72. The lowest BCUT2D eigenvalue weighted by atomic mass is 9.82. The highest BCUT2D eigenvalue weighted by molar-refractivity contribution is 5.96. The maximum absolute atomic E-state index is 13.3. The fourth-order valence-corrected chi connectivity index (χ4v) is 4.54. The van der Waals surface area contributed by atoms with Gasteiger partial charge in [0.15, 0.2) is 5.75 Å². The van der Waals surface area contributed by atoms with Gasteiger partial charge in [-0.15, -0.1) is 0 Å². The molecule has 1 aromatic heterocycles. The molecule has 2 aliphatic rings. The van der Waals surface area contributed by atoms with Gasteiger partial charge in [0, 0.05) is 12.0 Å². The molecule has 2 saturated carbocycles. The molecule has 2 fully saturated rings. The molecule has 0 radical (unpaired) electrons. The molecule has 0 saturated heterocycles. The third kappa shape index (κ3) is 4.67. The van der Waals surface area contributed by atoms with Gasteiger partial charge in [-0.2, -0.15) is 5.10 Å². The van der Waals surface area contributed by atoms with E-state index in [9.17, 15) is 14.7 Å². The van der Waals surface area contributed by atoms with Crippen LogP contribution in [-0.4, -0.2) is 33.0 Å². The van der Waals surface area contributed by atoms with Gasteiger partial charge in [-0.05, 0) is 58.3 Å². The van der Waals surface area contributed by atoms with Gasteiger partial charge in [0.05, 0.1) is 12.2 Å². The Kier molecular flexibility index (Phi) is 6.62. The molecule has 3 rings (SSSR count). The number of nitrogens with zero attached hydrogens (tertiary/aromatic N) is 3. The van der Waals surface area contributed by atoms with E-state index in [1.54, 1.807) is 11.1 Å². The molecule has 0 atom stereocenters. The molecular weight excluding hydrogens is 358 g/mol. The van der Waals surface area contributed by atoms with Gasteiger partial charge >= 0.3 is 6.16 Å². The van der Waals surface area contributed by atoms with Crippen LogP contribution in [0, 0.1) is 11.8 Å². The predicted octanol–water partition coefficient (Wildman–Crippen LogP) is 5.01. The first-order valence-corrected chi connectivity index (χ1v) is 10.7. The van der Waals surface area contributed by atoms with Crippen molar-refractivity contribution in [3.8, 4) is 5.75 Å². The summed E-state index contributed by atoms with van der Waals surface area (Å²) in [5.74, 6) is 1.16. The van der Waals surface area contributed by atoms with Crippen LogP contribution in [0.1, 0.15) is 84.6 Å². The van der Waals surface area contributed by atoms with Crippen LogP contribution >= 0.6 is 0 Å². The monoisotopic (exact) mass is 391 g/mol. The smallest absolute Gasteiger partial charge is 0.449 e. The summed E-state index contributed by atoms with van der Waals surface area (Å²) in [6.07, 6.45) is 9.67. The lowest BCUT2D eigenvalue weighted by Gasteiger charge is -2.32. The van der Waals surface area contributed by atoms with Crippen LogP contribution in [0.4, 0.5) is 10.6 Å². The molecule has 28 heavy (non-hydrogen) atoms. The van der Waals surface area contributed by atoms with Crippen molar-refractivity contribution in [2.24, 2.45) is 11.8 Å². The number of amides is 1. The Balaban J connectivity index is 1.90. The fourth-order valence-electron chi connectivity index (χ4n) is 4.54. The number of anilines is 1. The van der Waals surface area contributed by atoms with E-state index in [2.05, 4.69) is 12.0 Å². The van der Waals surface area contributed by atoms with Crippen LogP contribution in [0.15, 0.2) is 6.20 Å². The number of aromatic nitrogens is 2. The van der Waals surface area contributed by atoms with Gasteiger partial charge < -0.3 is 9.84 Å². The molecule has 1 heterocycles. The van der Waals surface area contributed by atoms with Crippen molar-refractivity contribution in [2.75, 3.05) is 4.90 Å². The summed E-state index contributed by atoms with van der Waals surface area (Å²) in [6, 6.07) is 0.107. The van der Waals surface area contributed by atoms with Crippen molar-refractivity contribution in [1.82, 2.24) is 9.78 Å². The van der Waals surface area contributed by atoms with Gasteiger partial charge in [-0.25, -0.2) is 4.79 Å². The minimum absolute atomic E-state index is 0.0314. The molecule has 1 aromatic rings. The Morgan fingerprint density at radius 1 is 1.14 bits per heavy atom. The summed E-state index contributed by atoms with van der Waals surface area (Å²) < 4.78 is 6.86. The standard InChI is InChI=1S/C21H33N3O4/c1-14(2)24(20(25)16-11-9-15(3)10-12-16)19-18(28-21(26)27)13-23(22-19)17-7-5-4-6-8-17/h13-17H,4-12H2,1-3H3,(H,26,27)/t15-,16-. The first-order chi connectivity index (χ1) is 13.4. The second-order valence-electron chi connectivity index (χ2n) is 8.72. The van der Waals surface area contributed by atoms with Crippen molar-refractivity contribution < 1.29 is 19.4 Å². The average molecular weight is 392 g/mol. The number of rotatable bonds is 5. The van der Waals surface area contributed by atoms with E-state index in [1.165, 1.54) is 6.42 Å². The lowest BCUT2D eigenvalue weighted by molar-refractivity contribution is -0.124. The molecule has 0 unspecified atom stereocenters. The van der Waals surface area contributed by atoms with Crippen LogP contribution in [0.3, 0.4) is 0 Å². The molecule has 7 nitrogen and oxygen atoms in total. The Hall–Kier alpha value is -2.05. The SMILES string of the molecule is CC(C)N(c1nn(C2CCCCC2)cc1OC(=O)O)C(=O)[C@H]1CC[C@H](C)CC1. The number of hydrogen-bond donors (Lipinski definition) is 1. The summed E-state index contributed by atoms with van der Waals surface area (Å²) in [5, 5.41) is 13.9. The quantitative estimate of drug-likeness (QED) is 0.713. The largest absolute Gasteiger partial charge is 0.511 e. The summed E-state index contributed by atoms with van der Waals surface area (Å²) in [7, 11) is 0. The predicted molar refractivity (Wildman–Crippen MR) is 107 cm³/mol. The molecule has 156 valence electrons. The second kappa shape index (κ2) is 8.97. The Labute approximate surface area is 167 Å². The van der Waals surface area contributed by atoms with E-state index in [-0.39, 0.29) is 29.7 Å².